The van der Waals surface area contributed by atoms with Crippen LogP contribution >= 0.6 is 0 Å². The molecule has 2 heterocycles. The zero-order valence-electron chi connectivity index (χ0n) is 10.0. The van der Waals surface area contributed by atoms with Crippen LogP contribution in [0.5, 0.6) is 0 Å². The molecule has 1 aromatic rings. The molecule has 0 aromatic carbocycles. The van der Waals surface area contributed by atoms with Gasteiger partial charge in [-0.2, -0.15) is 0 Å². The first kappa shape index (κ1) is 11.1. The molecule has 16 heavy (non-hydrogen) atoms. The number of hydrogen-bond acceptors (Lipinski definition) is 3. The average molecular weight is 222 g/mol. The molecule has 0 unspecified atom stereocenters. The van der Waals surface area contributed by atoms with E-state index in [0.29, 0.717) is 5.82 Å². The Labute approximate surface area is 95.5 Å². The van der Waals surface area contributed by atoms with Crippen LogP contribution in [0.15, 0.2) is 12.4 Å². The van der Waals surface area contributed by atoms with Crippen LogP contribution in [0.3, 0.4) is 0 Å². The number of carbonyl (C=O) groups is 1. The lowest BCUT2D eigenvalue weighted by Crippen LogP contribution is -2.59. The first-order valence-electron chi connectivity index (χ1n) is 5.50. The lowest BCUT2D eigenvalue weighted by Gasteiger charge is -2.45. The molecule has 1 fully saturated rings. The molecule has 0 aliphatic carbocycles. The molecule has 2 rings (SSSR count). The van der Waals surface area contributed by atoms with Crippen molar-refractivity contribution in [3.63, 3.8) is 0 Å². The van der Waals surface area contributed by atoms with Crippen LogP contribution in [-0.4, -0.2) is 57.9 Å². The highest BCUT2D eigenvalue weighted by Gasteiger charge is 2.34. The van der Waals surface area contributed by atoms with Gasteiger partial charge in [0.25, 0.3) is 5.91 Å². The Hall–Kier alpha value is -1.36. The molecule has 0 spiro atoms. The van der Waals surface area contributed by atoms with Crippen molar-refractivity contribution in [3.05, 3.63) is 18.2 Å². The highest BCUT2D eigenvalue weighted by atomic mass is 16.2. The van der Waals surface area contributed by atoms with Gasteiger partial charge in [-0.1, -0.05) is 0 Å². The number of carbonyl (C=O) groups excluding carboxylic acids is 1. The summed E-state index contributed by atoms with van der Waals surface area (Å²) in [6, 6.07) is 0. The van der Waals surface area contributed by atoms with Crippen LogP contribution in [0.2, 0.25) is 0 Å². The Bertz CT molecular complexity index is 371. The number of aromatic amines is 1. The van der Waals surface area contributed by atoms with E-state index in [2.05, 4.69) is 35.8 Å². The zero-order valence-corrected chi connectivity index (χ0v) is 10.0. The first-order chi connectivity index (χ1) is 7.50. The SMILES string of the molecule is CN1CCN(C(=O)c2ncc[nH]2)CC1(C)C. The van der Waals surface area contributed by atoms with E-state index in [1.807, 2.05) is 4.90 Å². The van der Waals surface area contributed by atoms with Crippen LogP contribution in [0.4, 0.5) is 0 Å². The Kier molecular flexibility index (Phi) is 2.71. The van der Waals surface area contributed by atoms with Gasteiger partial charge in [-0.25, -0.2) is 4.98 Å². The highest BCUT2D eigenvalue weighted by molar-refractivity contribution is 5.90. The molecule has 1 aliphatic heterocycles. The summed E-state index contributed by atoms with van der Waals surface area (Å²) in [5, 5.41) is 0. The number of likely N-dealkylation sites (N-methyl/N-ethyl adjacent to an activating group) is 1. The standard InChI is InChI=1S/C11H18N4O/c1-11(2)8-15(7-6-14(11)3)10(16)9-12-4-5-13-9/h4-5H,6-8H2,1-3H3,(H,12,13). The summed E-state index contributed by atoms with van der Waals surface area (Å²) in [5.41, 5.74) is 0.0283. The third kappa shape index (κ3) is 1.95. The summed E-state index contributed by atoms with van der Waals surface area (Å²) in [4.78, 5) is 23.1. The molecule has 1 amide bonds. The maximum Gasteiger partial charge on any atom is 0.289 e. The van der Waals surface area contributed by atoms with E-state index in [4.69, 9.17) is 0 Å². The molecule has 1 saturated heterocycles. The summed E-state index contributed by atoms with van der Waals surface area (Å²) in [7, 11) is 2.09. The smallest absolute Gasteiger partial charge is 0.289 e. The number of piperazine rings is 1. The Morgan fingerprint density at radius 3 is 2.81 bits per heavy atom. The van der Waals surface area contributed by atoms with Crippen LogP contribution in [-0.2, 0) is 0 Å². The van der Waals surface area contributed by atoms with Crippen molar-refractivity contribution in [1.82, 2.24) is 19.8 Å². The van der Waals surface area contributed by atoms with Gasteiger partial charge >= 0.3 is 0 Å². The van der Waals surface area contributed by atoms with Crippen molar-refractivity contribution in [1.29, 1.82) is 0 Å². The predicted octanol–water partition coefficient (Wildman–Crippen LogP) is 0.576. The Balaban J connectivity index is 2.10. The number of nitrogens with one attached hydrogen (secondary N) is 1. The fourth-order valence-electron chi connectivity index (χ4n) is 1.95. The van der Waals surface area contributed by atoms with E-state index in [1.165, 1.54) is 0 Å². The zero-order chi connectivity index (χ0) is 11.8. The summed E-state index contributed by atoms with van der Waals surface area (Å²) in [5.74, 6) is 0.423. The monoisotopic (exact) mass is 222 g/mol. The molecule has 0 bridgehead atoms. The maximum absolute atomic E-state index is 12.1. The number of nitrogens with zero attached hydrogens (tertiary/aromatic N) is 3. The summed E-state index contributed by atoms with van der Waals surface area (Å²) in [6.07, 6.45) is 3.28. The number of aromatic nitrogens is 2. The van der Waals surface area contributed by atoms with Crippen molar-refractivity contribution in [3.8, 4) is 0 Å². The van der Waals surface area contributed by atoms with Gasteiger partial charge in [0.05, 0.1) is 0 Å². The number of amides is 1. The summed E-state index contributed by atoms with van der Waals surface area (Å²) in [6.45, 7) is 6.70. The second-order valence-corrected chi connectivity index (χ2v) is 4.90. The minimum absolute atomic E-state index is 0.00817. The lowest BCUT2D eigenvalue weighted by atomic mass is 10.00. The second-order valence-electron chi connectivity index (χ2n) is 4.90. The topological polar surface area (TPSA) is 52.2 Å². The molecule has 0 saturated carbocycles. The third-order valence-corrected chi connectivity index (χ3v) is 3.30. The van der Waals surface area contributed by atoms with Gasteiger partial charge in [0.2, 0.25) is 0 Å². The maximum atomic E-state index is 12.1. The van der Waals surface area contributed by atoms with E-state index < -0.39 is 0 Å². The van der Waals surface area contributed by atoms with E-state index in [0.717, 1.165) is 19.6 Å². The minimum Gasteiger partial charge on any atom is -0.341 e. The first-order valence-corrected chi connectivity index (χ1v) is 5.50. The molecule has 0 radical (unpaired) electrons. The number of imidazole rings is 1. The van der Waals surface area contributed by atoms with Gasteiger partial charge in [-0.05, 0) is 20.9 Å². The highest BCUT2D eigenvalue weighted by Crippen LogP contribution is 2.19. The molecule has 1 aromatic heterocycles. The van der Waals surface area contributed by atoms with E-state index in [-0.39, 0.29) is 11.4 Å². The van der Waals surface area contributed by atoms with Gasteiger partial charge in [0.15, 0.2) is 5.82 Å². The van der Waals surface area contributed by atoms with Gasteiger partial charge in [-0.15, -0.1) is 0 Å². The Morgan fingerprint density at radius 1 is 1.50 bits per heavy atom. The number of rotatable bonds is 1. The van der Waals surface area contributed by atoms with E-state index in [1.54, 1.807) is 12.4 Å². The third-order valence-electron chi connectivity index (χ3n) is 3.30. The van der Waals surface area contributed by atoms with Gasteiger partial charge in [-0.3, -0.25) is 9.69 Å². The van der Waals surface area contributed by atoms with E-state index in [9.17, 15) is 4.79 Å². The van der Waals surface area contributed by atoms with Gasteiger partial charge in [0.1, 0.15) is 0 Å². The summed E-state index contributed by atoms with van der Waals surface area (Å²) < 4.78 is 0. The van der Waals surface area contributed by atoms with Gasteiger partial charge in [0, 0.05) is 37.6 Å². The van der Waals surface area contributed by atoms with E-state index >= 15 is 0 Å². The predicted molar refractivity (Wildman–Crippen MR) is 61.2 cm³/mol. The van der Waals surface area contributed by atoms with Crippen molar-refractivity contribution >= 4 is 5.91 Å². The molecule has 88 valence electrons. The fourth-order valence-corrected chi connectivity index (χ4v) is 1.95. The van der Waals surface area contributed by atoms with Crippen molar-refractivity contribution in [2.24, 2.45) is 0 Å². The molecule has 0 atom stereocenters. The van der Waals surface area contributed by atoms with Crippen LogP contribution in [0.1, 0.15) is 24.5 Å². The molecule has 1 N–H and O–H groups in total. The average Bonchev–Trinajstić information content (AvgIpc) is 2.74. The van der Waals surface area contributed by atoms with Crippen molar-refractivity contribution < 1.29 is 4.79 Å². The molecular weight excluding hydrogens is 204 g/mol. The number of hydrogen-bond donors (Lipinski definition) is 1. The van der Waals surface area contributed by atoms with Crippen LogP contribution in [0, 0.1) is 0 Å². The number of H-pyrrole nitrogens is 1. The van der Waals surface area contributed by atoms with Crippen molar-refractivity contribution in [2.75, 3.05) is 26.7 Å². The molecular formula is C11H18N4O. The van der Waals surface area contributed by atoms with Crippen molar-refractivity contribution in [2.45, 2.75) is 19.4 Å². The minimum atomic E-state index is -0.00817. The Morgan fingerprint density at radius 2 is 2.25 bits per heavy atom. The fraction of sp³-hybridized carbons (Fsp3) is 0.636. The normalized spacial score (nSPS) is 21.1. The largest absolute Gasteiger partial charge is 0.341 e. The summed E-state index contributed by atoms with van der Waals surface area (Å²) >= 11 is 0. The molecule has 1 aliphatic rings. The lowest BCUT2D eigenvalue weighted by molar-refractivity contribution is 0.0303. The molecule has 5 nitrogen and oxygen atoms in total. The molecule has 5 heteroatoms. The quantitative estimate of drug-likeness (QED) is 0.756. The van der Waals surface area contributed by atoms with Gasteiger partial charge < -0.3 is 9.88 Å². The van der Waals surface area contributed by atoms with Crippen LogP contribution < -0.4 is 0 Å². The van der Waals surface area contributed by atoms with Crippen LogP contribution in [0.25, 0.3) is 0 Å². The second kappa shape index (κ2) is 3.90.